The molecule has 0 aromatic rings. The molecule has 0 spiro atoms. The molecule has 0 saturated heterocycles. The van der Waals surface area contributed by atoms with Crippen LogP contribution in [0.2, 0.25) is 0 Å². The summed E-state index contributed by atoms with van der Waals surface area (Å²) in [6.45, 7) is 3.40. The Balaban J connectivity index is 4.19. The Kier molecular flexibility index (Phi) is 59.5. The second-order valence-electron chi connectivity index (χ2n) is 19.1. The van der Waals surface area contributed by atoms with Crippen LogP contribution in [0.3, 0.4) is 0 Å². The first-order valence-electron chi connectivity index (χ1n) is 30.6. The number of allylic oxidation sites excluding steroid dienone is 34. The van der Waals surface area contributed by atoms with Crippen LogP contribution < -0.4 is 5.73 Å². The van der Waals surface area contributed by atoms with Crippen LogP contribution >= 0.6 is 7.82 Å². The monoisotopic (exact) mass is 1130 g/mol. The number of rotatable bonds is 54. The molecule has 0 fully saturated rings. The van der Waals surface area contributed by atoms with Gasteiger partial charge < -0.3 is 20.1 Å². The number of carbonyl (C=O) groups excluding carboxylic acids is 2. The summed E-state index contributed by atoms with van der Waals surface area (Å²) >= 11 is 0. The van der Waals surface area contributed by atoms with Gasteiger partial charge >= 0.3 is 19.8 Å². The molecule has 2 unspecified atom stereocenters. The number of carbonyl (C=O) groups is 2. The zero-order chi connectivity index (χ0) is 58.7. The van der Waals surface area contributed by atoms with Crippen molar-refractivity contribution >= 4 is 19.8 Å². The van der Waals surface area contributed by atoms with E-state index in [1.54, 1.807) is 0 Å². The second-order valence-corrected chi connectivity index (χ2v) is 20.6. The maximum absolute atomic E-state index is 12.7. The van der Waals surface area contributed by atoms with Crippen LogP contribution in [0.15, 0.2) is 207 Å². The molecule has 3 N–H and O–H groups in total. The smallest absolute Gasteiger partial charge is 0.462 e. The summed E-state index contributed by atoms with van der Waals surface area (Å²) < 4.78 is 33.0. The summed E-state index contributed by atoms with van der Waals surface area (Å²) in [5, 5.41) is 0. The molecule has 0 aliphatic heterocycles. The number of hydrogen-bond donors (Lipinski definition) is 2. The summed E-state index contributed by atoms with van der Waals surface area (Å²) in [6, 6.07) is 0. The van der Waals surface area contributed by atoms with E-state index in [0.29, 0.717) is 12.8 Å². The second kappa shape index (κ2) is 63.8. The van der Waals surface area contributed by atoms with Crippen LogP contribution in [0, 0.1) is 0 Å². The maximum atomic E-state index is 12.7. The van der Waals surface area contributed by atoms with E-state index in [-0.39, 0.29) is 32.6 Å². The predicted molar refractivity (Wildman–Crippen MR) is 348 cm³/mol. The van der Waals surface area contributed by atoms with Crippen LogP contribution in [0.4, 0.5) is 0 Å². The average molecular weight is 1130 g/mol. The SMILES string of the molecule is CC/C=C\C/C=C\C/C=C\C/C=C\C/C=C\C/C=C\C/C=C\C/C=C\C/C=C\C/C=C\CCCCC(=O)OC(COC(=O)CCCCCCC/C=C\C/C=C\C/C=C\C/C=C\C/C=C\C/C=C\C/C=C\CC)COP(=O)(O)OCCN. The minimum Gasteiger partial charge on any atom is -0.462 e. The Morgan fingerprint density at radius 3 is 0.975 bits per heavy atom. The molecule has 10 heteroatoms. The number of nitrogens with two attached hydrogens (primary N) is 1. The topological polar surface area (TPSA) is 134 Å². The summed E-state index contributed by atoms with van der Waals surface area (Å²) in [5.41, 5.74) is 5.38. The Morgan fingerprint density at radius 2 is 0.642 bits per heavy atom. The number of ether oxygens (including phenoxy) is 2. The first-order chi connectivity index (χ1) is 39.8. The molecule has 0 aliphatic carbocycles. The zero-order valence-corrected chi connectivity index (χ0v) is 51.1. The third-order valence-corrected chi connectivity index (χ3v) is 12.6. The molecule has 0 rings (SSSR count). The fourth-order valence-corrected chi connectivity index (χ4v) is 7.99. The molecule has 0 heterocycles. The highest BCUT2D eigenvalue weighted by Crippen LogP contribution is 2.43. The largest absolute Gasteiger partial charge is 0.472 e. The highest BCUT2D eigenvalue weighted by molar-refractivity contribution is 7.47. The van der Waals surface area contributed by atoms with Crippen LogP contribution in [-0.2, 0) is 32.7 Å². The van der Waals surface area contributed by atoms with Crippen molar-refractivity contribution in [2.24, 2.45) is 5.73 Å². The van der Waals surface area contributed by atoms with E-state index in [1.807, 2.05) is 0 Å². The first-order valence-corrected chi connectivity index (χ1v) is 32.1. The molecule has 0 radical (unpaired) electrons. The highest BCUT2D eigenvalue weighted by atomic mass is 31.2. The lowest BCUT2D eigenvalue weighted by Gasteiger charge is -2.19. The van der Waals surface area contributed by atoms with E-state index in [0.717, 1.165) is 154 Å². The highest BCUT2D eigenvalue weighted by Gasteiger charge is 2.26. The van der Waals surface area contributed by atoms with E-state index < -0.39 is 32.5 Å². The summed E-state index contributed by atoms with van der Waals surface area (Å²) in [4.78, 5) is 35.2. The maximum Gasteiger partial charge on any atom is 0.472 e. The van der Waals surface area contributed by atoms with Gasteiger partial charge in [-0.05, 0) is 148 Å². The van der Waals surface area contributed by atoms with Gasteiger partial charge in [-0.3, -0.25) is 18.6 Å². The number of esters is 2. The molecular weight excluding hydrogens is 1030 g/mol. The molecule has 9 nitrogen and oxygen atoms in total. The van der Waals surface area contributed by atoms with E-state index in [4.69, 9.17) is 24.3 Å². The van der Waals surface area contributed by atoms with E-state index in [1.165, 1.54) is 0 Å². The molecule has 0 aromatic carbocycles. The minimum absolute atomic E-state index is 0.0303. The van der Waals surface area contributed by atoms with Gasteiger partial charge in [-0.2, -0.15) is 0 Å². The van der Waals surface area contributed by atoms with Crippen molar-refractivity contribution in [1.29, 1.82) is 0 Å². The van der Waals surface area contributed by atoms with Crippen molar-refractivity contribution in [2.45, 2.75) is 200 Å². The Morgan fingerprint density at radius 1 is 0.370 bits per heavy atom. The van der Waals surface area contributed by atoms with E-state index in [9.17, 15) is 19.0 Å². The normalized spacial score (nSPS) is 14.5. The van der Waals surface area contributed by atoms with Crippen molar-refractivity contribution in [3.05, 3.63) is 207 Å². The van der Waals surface area contributed by atoms with Crippen molar-refractivity contribution in [2.75, 3.05) is 26.4 Å². The third-order valence-electron chi connectivity index (χ3n) is 11.7. The van der Waals surface area contributed by atoms with Gasteiger partial charge in [-0.25, -0.2) is 4.57 Å². The van der Waals surface area contributed by atoms with Gasteiger partial charge in [0.15, 0.2) is 6.10 Å². The fraction of sp³-hybridized carbons (Fsp3) is 0.493. The molecule has 0 aromatic heterocycles. The number of unbranched alkanes of at least 4 members (excludes halogenated alkanes) is 7. The number of phosphoric acid groups is 1. The quantitative estimate of drug-likeness (QED) is 0.0264. The van der Waals surface area contributed by atoms with Gasteiger partial charge in [-0.1, -0.05) is 240 Å². The lowest BCUT2D eigenvalue weighted by molar-refractivity contribution is -0.161. The Bertz CT molecular complexity index is 2070. The number of phosphoric ester groups is 1. The molecule has 2 atom stereocenters. The third kappa shape index (κ3) is 63.6. The molecular formula is C71H108NO8P. The predicted octanol–water partition coefficient (Wildman–Crippen LogP) is 20.0. The molecule has 450 valence electrons. The van der Waals surface area contributed by atoms with Crippen LogP contribution in [0.25, 0.3) is 0 Å². The molecule has 0 aliphatic rings. The van der Waals surface area contributed by atoms with Gasteiger partial charge in [0.05, 0.1) is 13.2 Å². The fourth-order valence-electron chi connectivity index (χ4n) is 7.23. The van der Waals surface area contributed by atoms with Gasteiger partial charge in [-0.15, -0.1) is 0 Å². The van der Waals surface area contributed by atoms with Crippen LogP contribution in [0.1, 0.15) is 194 Å². The van der Waals surface area contributed by atoms with Gasteiger partial charge in [0.2, 0.25) is 0 Å². The Labute approximate surface area is 493 Å². The summed E-state index contributed by atoms with van der Waals surface area (Å²) in [5.74, 6) is -0.922. The van der Waals surface area contributed by atoms with E-state index in [2.05, 4.69) is 220 Å². The molecule has 0 amide bonds. The van der Waals surface area contributed by atoms with Crippen molar-refractivity contribution < 1.29 is 37.6 Å². The lowest BCUT2D eigenvalue weighted by atomic mass is 10.1. The Hall–Kier alpha value is -5.41. The molecule has 81 heavy (non-hydrogen) atoms. The molecule has 0 bridgehead atoms. The van der Waals surface area contributed by atoms with Crippen molar-refractivity contribution in [3.8, 4) is 0 Å². The first kappa shape index (κ1) is 75.6. The van der Waals surface area contributed by atoms with Gasteiger partial charge in [0, 0.05) is 19.4 Å². The standard InChI is InChI=1S/C71H108NO8P/c1-3-5-7-9-11-13-15-17-19-21-23-25-27-29-31-32-33-34-35-36-38-40-42-44-46-48-50-52-54-56-58-60-62-64-71(74)80-69(68-79-81(75,76)78-66-65-72)67-77-70(73)63-61-59-57-55-53-51-49-47-45-43-41-39-37-30-28-26-24-22-20-18-16-14-12-10-8-6-4-2/h5-8,11-14,17-20,23-26,29-31,33-34,36-38,41-44,47-50,54,56,69H,3-4,9-10,15-16,21-22,27-28,32,35,39-40,45-46,51-53,55,57-68,72H2,1-2H3,(H,75,76)/b7-5-,8-6-,13-11-,14-12-,19-17-,20-18-,25-23-,26-24-,31-29-,34-33-,37-30-,38-36-,43-41-,44-42-,49-47-,50-48-,56-54-. The summed E-state index contributed by atoms with van der Waals surface area (Å²) in [7, 11) is -4.43. The number of hydrogen-bond acceptors (Lipinski definition) is 8. The summed E-state index contributed by atoms with van der Waals surface area (Å²) in [6.07, 6.45) is 98.8. The van der Waals surface area contributed by atoms with Gasteiger partial charge in [0.1, 0.15) is 6.61 Å². The van der Waals surface area contributed by atoms with E-state index >= 15 is 0 Å². The average Bonchev–Trinajstić information content (AvgIpc) is 3.46. The lowest BCUT2D eigenvalue weighted by Crippen LogP contribution is -2.29. The van der Waals surface area contributed by atoms with Crippen LogP contribution in [0.5, 0.6) is 0 Å². The van der Waals surface area contributed by atoms with Crippen molar-refractivity contribution in [3.63, 3.8) is 0 Å². The molecule has 0 saturated carbocycles. The van der Waals surface area contributed by atoms with Crippen LogP contribution in [-0.4, -0.2) is 49.3 Å². The van der Waals surface area contributed by atoms with Crippen molar-refractivity contribution in [1.82, 2.24) is 0 Å². The minimum atomic E-state index is -4.43. The zero-order valence-electron chi connectivity index (χ0n) is 50.2. The van der Waals surface area contributed by atoms with Gasteiger partial charge in [0.25, 0.3) is 0 Å².